The molecule has 1 aromatic heterocycles. The molecule has 1 atom stereocenters. The average molecular weight is 412 g/mol. The summed E-state index contributed by atoms with van der Waals surface area (Å²) in [6.07, 6.45) is 1.81. The molecule has 1 aliphatic heterocycles. The summed E-state index contributed by atoms with van der Waals surface area (Å²) in [6.45, 7) is 11.2. The third kappa shape index (κ3) is 4.02. The third-order valence-corrected chi connectivity index (χ3v) is 5.57. The Balaban J connectivity index is 1.67. The minimum Gasteiger partial charge on any atom is -0.383 e. The van der Waals surface area contributed by atoms with E-state index in [-0.39, 0.29) is 0 Å². The van der Waals surface area contributed by atoms with Gasteiger partial charge in [0.15, 0.2) is 0 Å². The lowest BCUT2D eigenvalue weighted by molar-refractivity contribution is 0.110. The Morgan fingerprint density at radius 1 is 1.29 bits per heavy atom. The van der Waals surface area contributed by atoms with Gasteiger partial charge in [0.1, 0.15) is 0 Å². The molecule has 2 aromatic rings. The van der Waals surface area contributed by atoms with Gasteiger partial charge in [0.2, 0.25) is 0 Å². The third-order valence-electron chi connectivity index (χ3n) is 4.83. The molecule has 1 aromatic carbocycles. The van der Waals surface area contributed by atoms with E-state index in [2.05, 4.69) is 55.9 Å². The number of benzene rings is 1. The van der Waals surface area contributed by atoms with Crippen molar-refractivity contribution < 1.29 is 0 Å². The smallest absolute Gasteiger partial charge is 0.0909 e. The predicted octanol–water partition coefficient (Wildman–Crippen LogP) is 4.09. The molecular weight excluding hydrogens is 388 g/mol. The first-order valence-corrected chi connectivity index (χ1v) is 9.69. The zero-order chi connectivity index (χ0) is 17.1. The molecule has 2 heterocycles. The maximum absolute atomic E-state index is 6.31. The fraction of sp³-hybridized carbons (Fsp3) is 0.500. The van der Waals surface area contributed by atoms with Crippen LogP contribution in [0.1, 0.15) is 13.8 Å². The number of piperazine rings is 1. The van der Waals surface area contributed by atoms with Gasteiger partial charge < -0.3 is 10.2 Å². The second-order valence-corrected chi connectivity index (χ2v) is 7.67. The molecule has 0 bridgehead atoms. The lowest BCUT2D eigenvalue weighted by Gasteiger charge is -2.37. The quantitative estimate of drug-likeness (QED) is 0.803. The fourth-order valence-corrected chi connectivity index (χ4v) is 4.10. The summed E-state index contributed by atoms with van der Waals surface area (Å²) in [7, 11) is 0. The maximum atomic E-state index is 6.31. The van der Waals surface area contributed by atoms with Crippen LogP contribution in [0.4, 0.5) is 5.69 Å². The highest BCUT2D eigenvalue weighted by Crippen LogP contribution is 2.31. The number of nitrogens with zero attached hydrogens (tertiary/aromatic N) is 3. The van der Waals surface area contributed by atoms with E-state index in [0.717, 1.165) is 47.2 Å². The number of hydrogen-bond donors (Lipinski definition) is 1. The monoisotopic (exact) mass is 410 g/mol. The Hall–Kier alpha value is -0.880. The first kappa shape index (κ1) is 17.9. The Morgan fingerprint density at radius 3 is 2.75 bits per heavy atom. The summed E-state index contributed by atoms with van der Waals surface area (Å²) in [5, 5.41) is 5.32. The summed E-state index contributed by atoms with van der Waals surface area (Å²) in [6, 6.07) is 6.47. The van der Waals surface area contributed by atoms with Crippen molar-refractivity contribution in [1.82, 2.24) is 14.8 Å². The SMILES string of the molecule is CCN1CCN(C(C)CNc2ccnc3c(Cl)cc(Br)cc23)CC1. The molecule has 130 valence electrons. The van der Waals surface area contributed by atoms with Crippen LogP contribution >= 0.6 is 27.5 Å². The summed E-state index contributed by atoms with van der Waals surface area (Å²) in [5.74, 6) is 0. The molecule has 3 rings (SSSR count). The van der Waals surface area contributed by atoms with E-state index in [0.29, 0.717) is 11.1 Å². The van der Waals surface area contributed by atoms with Gasteiger partial charge in [-0.1, -0.05) is 34.5 Å². The van der Waals surface area contributed by atoms with Crippen LogP contribution in [0, 0.1) is 0 Å². The number of anilines is 1. The largest absolute Gasteiger partial charge is 0.383 e. The van der Waals surface area contributed by atoms with Gasteiger partial charge >= 0.3 is 0 Å². The van der Waals surface area contributed by atoms with Crippen LogP contribution in [-0.2, 0) is 0 Å². The Morgan fingerprint density at radius 2 is 2.04 bits per heavy atom. The molecule has 1 unspecified atom stereocenters. The molecule has 0 saturated carbocycles. The summed E-state index contributed by atoms with van der Waals surface area (Å²) in [5.41, 5.74) is 1.93. The number of halogens is 2. The summed E-state index contributed by atoms with van der Waals surface area (Å²) < 4.78 is 0.972. The Bertz CT molecular complexity index is 701. The first-order chi connectivity index (χ1) is 11.6. The topological polar surface area (TPSA) is 31.4 Å². The molecule has 1 saturated heterocycles. The van der Waals surface area contributed by atoms with E-state index < -0.39 is 0 Å². The molecule has 0 radical (unpaired) electrons. The number of pyridine rings is 1. The van der Waals surface area contributed by atoms with Crippen molar-refractivity contribution >= 4 is 44.1 Å². The molecular formula is C18H24BrClN4. The molecule has 4 nitrogen and oxygen atoms in total. The molecule has 24 heavy (non-hydrogen) atoms. The maximum Gasteiger partial charge on any atom is 0.0909 e. The Kier molecular flexibility index (Phi) is 5.98. The number of hydrogen-bond acceptors (Lipinski definition) is 4. The Labute approximate surface area is 157 Å². The van der Waals surface area contributed by atoms with Crippen molar-refractivity contribution in [2.75, 3.05) is 44.6 Å². The molecule has 1 N–H and O–H groups in total. The molecule has 1 aliphatic rings. The van der Waals surface area contributed by atoms with Gasteiger partial charge in [-0.2, -0.15) is 0 Å². The van der Waals surface area contributed by atoms with Crippen LogP contribution in [0.5, 0.6) is 0 Å². The average Bonchev–Trinajstić information content (AvgIpc) is 2.59. The number of aromatic nitrogens is 1. The normalized spacial score (nSPS) is 18.0. The van der Waals surface area contributed by atoms with Crippen molar-refractivity contribution in [3.8, 4) is 0 Å². The van der Waals surface area contributed by atoms with Crippen molar-refractivity contribution in [3.05, 3.63) is 33.9 Å². The number of nitrogens with one attached hydrogen (secondary N) is 1. The molecule has 6 heteroatoms. The minimum atomic E-state index is 0.495. The predicted molar refractivity (Wildman–Crippen MR) is 106 cm³/mol. The zero-order valence-corrected chi connectivity index (χ0v) is 16.6. The van der Waals surface area contributed by atoms with Crippen LogP contribution < -0.4 is 5.32 Å². The highest BCUT2D eigenvalue weighted by atomic mass is 79.9. The van der Waals surface area contributed by atoms with Gasteiger partial charge in [0.05, 0.1) is 10.5 Å². The highest BCUT2D eigenvalue weighted by Gasteiger charge is 2.20. The van der Waals surface area contributed by atoms with Gasteiger partial charge in [0, 0.05) is 60.5 Å². The second kappa shape index (κ2) is 8.00. The number of likely N-dealkylation sites (N-methyl/N-ethyl adjacent to an activating group) is 1. The van der Waals surface area contributed by atoms with Crippen LogP contribution in [0.2, 0.25) is 5.02 Å². The van der Waals surface area contributed by atoms with Crippen molar-refractivity contribution in [2.45, 2.75) is 19.9 Å². The second-order valence-electron chi connectivity index (χ2n) is 6.34. The van der Waals surface area contributed by atoms with E-state index in [9.17, 15) is 0 Å². The van der Waals surface area contributed by atoms with Crippen LogP contribution in [0.3, 0.4) is 0 Å². The van der Waals surface area contributed by atoms with E-state index in [1.165, 1.54) is 13.1 Å². The molecule has 1 fully saturated rings. The van der Waals surface area contributed by atoms with Gasteiger partial charge in [-0.15, -0.1) is 0 Å². The van der Waals surface area contributed by atoms with Gasteiger partial charge in [0.25, 0.3) is 0 Å². The van der Waals surface area contributed by atoms with Crippen molar-refractivity contribution in [3.63, 3.8) is 0 Å². The number of rotatable bonds is 5. The minimum absolute atomic E-state index is 0.495. The molecule has 0 aliphatic carbocycles. The van der Waals surface area contributed by atoms with Crippen LogP contribution in [0.25, 0.3) is 10.9 Å². The highest BCUT2D eigenvalue weighted by molar-refractivity contribution is 9.10. The summed E-state index contributed by atoms with van der Waals surface area (Å²) >= 11 is 9.83. The van der Waals surface area contributed by atoms with Crippen LogP contribution in [-0.4, -0.2) is 60.1 Å². The van der Waals surface area contributed by atoms with E-state index in [1.807, 2.05) is 18.3 Å². The summed E-state index contributed by atoms with van der Waals surface area (Å²) in [4.78, 5) is 9.48. The van der Waals surface area contributed by atoms with E-state index in [1.54, 1.807) is 0 Å². The van der Waals surface area contributed by atoms with E-state index >= 15 is 0 Å². The lowest BCUT2D eigenvalue weighted by atomic mass is 10.1. The van der Waals surface area contributed by atoms with Crippen molar-refractivity contribution in [2.24, 2.45) is 0 Å². The van der Waals surface area contributed by atoms with E-state index in [4.69, 9.17) is 11.6 Å². The zero-order valence-electron chi connectivity index (χ0n) is 14.2. The van der Waals surface area contributed by atoms with Gasteiger partial charge in [-0.05, 0) is 31.7 Å². The first-order valence-electron chi connectivity index (χ1n) is 8.52. The van der Waals surface area contributed by atoms with Crippen LogP contribution in [0.15, 0.2) is 28.9 Å². The molecule has 0 spiro atoms. The van der Waals surface area contributed by atoms with Gasteiger partial charge in [-0.25, -0.2) is 0 Å². The standard InChI is InChI=1S/C18H24BrClN4/c1-3-23-6-8-24(9-7-23)13(2)12-22-17-4-5-21-18-15(17)10-14(19)11-16(18)20/h4-5,10-11,13H,3,6-9,12H2,1-2H3,(H,21,22). The lowest BCUT2D eigenvalue weighted by Crippen LogP contribution is -2.51. The van der Waals surface area contributed by atoms with Crippen molar-refractivity contribution in [1.29, 1.82) is 0 Å². The number of fused-ring (bicyclic) bond motifs is 1. The fourth-order valence-electron chi connectivity index (χ4n) is 3.24. The molecule has 0 amide bonds. The van der Waals surface area contributed by atoms with Gasteiger partial charge in [-0.3, -0.25) is 9.88 Å².